The standard InChI is InChI=1S/C25H26F3N5O2/c26-25(27,28)19-3-1-2-4-22(19)31-11-17-13-32(14-18(17)12-31)24(34)21-15-33-23(29-21)6-5-20(30-33)16-7-9-35-10-8-16/h1-6,15-18H,7-14H2/t17-,18+. The molecule has 6 rings (SSSR count). The first-order valence-corrected chi connectivity index (χ1v) is 12.0. The van der Waals surface area contributed by atoms with Gasteiger partial charge in [-0.3, -0.25) is 4.79 Å². The van der Waals surface area contributed by atoms with Gasteiger partial charge in [-0.1, -0.05) is 12.1 Å². The van der Waals surface area contributed by atoms with Crippen molar-refractivity contribution in [2.75, 3.05) is 44.3 Å². The molecule has 3 aliphatic heterocycles. The van der Waals surface area contributed by atoms with E-state index in [1.165, 1.54) is 12.1 Å². The fourth-order valence-corrected chi connectivity index (χ4v) is 5.72. The molecule has 0 bridgehead atoms. The highest BCUT2D eigenvalue weighted by molar-refractivity contribution is 5.93. The number of likely N-dealkylation sites (tertiary alicyclic amines) is 1. The van der Waals surface area contributed by atoms with Crippen LogP contribution in [-0.4, -0.2) is 64.8 Å². The van der Waals surface area contributed by atoms with Crippen molar-refractivity contribution in [3.63, 3.8) is 0 Å². The van der Waals surface area contributed by atoms with Crippen LogP contribution in [-0.2, 0) is 10.9 Å². The molecule has 0 radical (unpaired) electrons. The first-order valence-electron chi connectivity index (χ1n) is 12.0. The third-order valence-electron chi connectivity index (χ3n) is 7.52. The summed E-state index contributed by atoms with van der Waals surface area (Å²) < 4.78 is 47.5. The Morgan fingerprint density at radius 3 is 2.40 bits per heavy atom. The number of amides is 1. The molecule has 2 aromatic heterocycles. The van der Waals surface area contributed by atoms with E-state index in [4.69, 9.17) is 4.74 Å². The van der Waals surface area contributed by atoms with Crippen molar-refractivity contribution >= 4 is 17.2 Å². The van der Waals surface area contributed by atoms with Gasteiger partial charge in [0.25, 0.3) is 5.91 Å². The fraction of sp³-hybridized carbons (Fsp3) is 0.480. The highest BCUT2D eigenvalue weighted by atomic mass is 19.4. The van der Waals surface area contributed by atoms with Gasteiger partial charge < -0.3 is 14.5 Å². The lowest BCUT2D eigenvalue weighted by Crippen LogP contribution is -2.34. The zero-order valence-corrected chi connectivity index (χ0v) is 19.1. The molecule has 3 aromatic rings. The molecule has 0 unspecified atom stereocenters. The Morgan fingerprint density at radius 1 is 0.971 bits per heavy atom. The van der Waals surface area contributed by atoms with Crippen LogP contribution in [0.2, 0.25) is 0 Å². The molecule has 1 amide bonds. The Kier molecular flexibility index (Phi) is 5.43. The average Bonchev–Trinajstić information content (AvgIpc) is 3.56. The molecule has 7 nitrogen and oxygen atoms in total. The molecule has 5 heterocycles. The number of para-hydroxylation sites is 1. The van der Waals surface area contributed by atoms with Crippen molar-refractivity contribution in [2.24, 2.45) is 11.8 Å². The number of nitrogens with zero attached hydrogens (tertiary/aromatic N) is 5. The number of fused-ring (bicyclic) bond motifs is 2. The number of hydrogen-bond acceptors (Lipinski definition) is 5. The summed E-state index contributed by atoms with van der Waals surface area (Å²) in [7, 11) is 0. The minimum Gasteiger partial charge on any atom is -0.381 e. The number of ether oxygens (including phenoxy) is 1. The number of anilines is 1. The van der Waals surface area contributed by atoms with Gasteiger partial charge in [-0.25, -0.2) is 9.50 Å². The Bertz CT molecular complexity index is 1240. The van der Waals surface area contributed by atoms with Crippen LogP contribution < -0.4 is 4.90 Å². The number of carbonyl (C=O) groups is 1. The molecule has 35 heavy (non-hydrogen) atoms. The Labute approximate surface area is 200 Å². The van der Waals surface area contributed by atoms with Crippen molar-refractivity contribution < 1.29 is 22.7 Å². The fourth-order valence-electron chi connectivity index (χ4n) is 5.72. The van der Waals surface area contributed by atoms with Crippen molar-refractivity contribution in [2.45, 2.75) is 24.9 Å². The number of imidazole rings is 1. The Morgan fingerprint density at radius 2 is 1.69 bits per heavy atom. The van der Waals surface area contributed by atoms with Gasteiger partial charge in [-0.2, -0.15) is 18.3 Å². The number of rotatable bonds is 3. The maximum Gasteiger partial charge on any atom is 0.418 e. The molecular weight excluding hydrogens is 459 g/mol. The summed E-state index contributed by atoms with van der Waals surface area (Å²) in [4.78, 5) is 21.3. The quantitative estimate of drug-likeness (QED) is 0.564. The Hall–Kier alpha value is -3.14. The molecule has 10 heteroatoms. The second kappa shape index (κ2) is 8.51. The Balaban J connectivity index is 1.15. The van der Waals surface area contributed by atoms with Crippen LogP contribution >= 0.6 is 0 Å². The maximum atomic E-state index is 13.5. The zero-order chi connectivity index (χ0) is 24.2. The third-order valence-corrected chi connectivity index (χ3v) is 7.52. The summed E-state index contributed by atoms with van der Waals surface area (Å²) >= 11 is 0. The van der Waals surface area contributed by atoms with Gasteiger partial charge in [0.2, 0.25) is 0 Å². The third kappa shape index (κ3) is 4.13. The average molecular weight is 486 g/mol. The van der Waals surface area contributed by atoms with Crippen molar-refractivity contribution in [1.82, 2.24) is 19.5 Å². The lowest BCUT2D eigenvalue weighted by atomic mass is 9.96. The lowest BCUT2D eigenvalue weighted by molar-refractivity contribution is -0.137. The molecule has 3 aliphatic rings. The van der Waals surface area contributed by atoms with Gasteiger partial charge in [0.15, 0.2) is 5.65 Å². The van der Waals surface area contributed by atoms with Gasteiger partial charge in [-0.15, -0.1) is 0 Å². The number of alkyl halides is 3. The number of aromatic nitrogens is 3. The molecule has 0 saturated carbocycles. The van der Waals surface area contributed by atoms with E-state index >= 15 is 0 Å². The summed E-state index contributed by atoms with van der Waals surface area (Å²) in [6.45, 7) is 3.50. The summed E-state index contributed by atoms with van der Waals surface area (Å²) in [5, 5.41) is 4.69. The monoisotopic (exact) mass is 485 g/mol. The van der Waals surface area contributed by atoms with Crippen LogP contribution in [0.25, 0.3) is 5.65 Å². The SMILES string of the molecule is O=C(c1cn2nc(C3CCOCC3)ccc2n1)N1C[C@@H]2CN(c3ccccc3C(F)(F)F)C[C@@H]2C1. The van der Waals surface area contributed by atoms with Crippen LogP contribution in [0.3, 0.4) is 0 Å². The number of halogens is 3. The largest absolute Gasteiger partial charge is 0.418 e. The molecule has 1 aromatic carbocycles. The topological polar surface area (TPSA) is 63.0 Å². The van der Waals surface area contributed by atoms with Crippen molar-refractivity contribution in [1.29, 1.82) is 0 Å². The van der Waals surface area contributed by atoms with E-state index in [1.54, 1.807) is 21.7 Å². The molecule has 0 aliphatic carbocycles. The predicted octanol–water partition coefficient (Wildman–Crippen LogP) is 3.85. The summed E-state index contributed by atoms with van der Waals surface area (Å²) in [5.41, 5.74) is 1.57. The van der Waals surface area contributed by atoms with Gasteiger partial charge in [-0.05, 0) is 37.1 Å². The normalized spacial score (nSPS) is 23.3. The van der Waals surface area contributed by atoms with E-state index in [0.29, 0.717) is 43.4 Å². The van der Waals surface area contributed by atoms with E-state index < -0.39 is 11.7 Å². The van der Waals surface area contributed by atoms with E-state index in [1.807, 2.05) is 17.0 Å². The van der Waals surface area contributed by atoms with E-state index in [2.05, 4.69) is 10.1 Å². The first kappa shape index (κ1) is 22.3. The van der Waals surface area contributed by atoms with Crippen LogP contribution in [0.4, 0.5) is 18.9 Å². The van der Waals surface area contributed by atoms with Gasteiger partial charge in [0, 0.05) is 62.8 Å². The minimum atomic E-state index is -4.39. The number of carbonyl (C=O) groups excluding carboxylic acids is 1. The van der Waals surface area contributed by atoms with E-state index in [0.717, 1.165) is 37.8 Å². The van der Waals surface area contributed by atoms with Gasteiger partial charge in [0.1, 0.15) is 5.69 Å². The molecule has 0 spiro atoms. The zero-order valence-electron chi connectivity index (χ0n) is 19.1. The number of benzene rings is 1. The predicted molar refractivity (Wildman–Crippen MR) is 122 cm³/mol. The second-order valence-electron chi connectivity index (χ2n) is 9.72. The highest BCUT2D eigenvalue weighted by Gasteiger charge is 2.44. The molecular formula is C25H26F3N5O2. The molecule has 0 N–H and O–H groups in total. The summed E-state index contributed by atoms with van der Waals surface area (Å²) in [6.07, 6.45) is -0.849. The highest BCUT2D eigenvalue weighted by Crippen LogP contribution is 2.41. The maximum absolute atomic E-state index is 13.5. The van der Waals surface area contributed by atoms with Crippen LogP contribution in [0, 0.1) is 11.8 Å². The van der Waals surface area contributed by atoms with Crippen LogP contribution in [0.15, 0.2) is 42.6 Å². The lowest BCUT2D eigenvalue weighted by Gasteiger charge is -2.25. The smallest absolute Gasteiger partial charge is 0.381 e. The van der Waals surface area contributed by atoms with Gasteiger partial charge >= 0.3 is 6.18 Å². The summed E-state index contributed by atoms with van der Waals surface area (Å²) in [5.74, 6) is 0.462. The van der Waals surface area contributed by atoms with Crippen LogP contribution in [0.1, 0.15) is 40.5 Å². The summed E-state index contributed by atoms with van der Waals surface area (Å²) in [6, 6.07) is 9.58. The van der Waals surface area contributed by atoms with Crippen molar-refractivity contribution in [3.8, 4) is 0 Å². The van der Waals surface area contributed by atoms with E-state index in [-0.39, 0.29) is 23.4 Å². The van der Waals surface area contributed by atoms with E-state index in [9.17, 15) is 18.0 Å². The first-order chi connectivity index (χ1) is 16.9. The molecule has 184 valence electrons. The second-order valence-corrected chi connectivity index (χ2v) is 9.72. The van der Waals surface area contributed by atoms with Crippen LogP contribution in [0.5, 0.6) is 0 Å². The molecule has 2 atom stereocenters. The molecule has 3 saturated heterocycles. The van der Waals surface area contributed by atoms with Gasteiger partial charge in [0.05, 0.1) is 17.5 Å². The van der Waals surface area contributed by atoms with Crippen molar-refractivity contribution in [3.05, 3.63) is 59.5 Å². The minimum absolute atomic E-state index is 0.135. The number of hydrogen-bond donors (Lipinski definition) is 0. The molecule has 3 fully saturated rings.